The van der Waals surface area contributed by atoms with E-state index < -0.39 is 0 Å². The highest BCUT2D eigenvalue weighted by atomic mass is 32.2. The van der Waals surface area contributed by atoms with Gasteiger partial charge in [0.2, 0.25) is 5.12 Å². The quantitative estimate of drug-likeness (QED) is 0.832. The van der Waals surface area contributed by atoms with Crippen molar-refractivity contribution in [2.24, 2.45) is 0 Å². The number of ether oxygens (including phenoxy) is 1. The Morgan fingerprint density at radius 2 is 2.44 bits per heavy atom. The molecule has 2 aliphatic heterocycles. The van der Waals surface area contributed by atoms with Crippen LogP contribution in [-0.2, 0) is 9.53 Å². The Kier molecular flexibility index (Phi) is 2.92. The molecule has 18 heavy (non-hydrogen) atoms. The maximum absolute atomic E-state index is 12.0. The van der Waals surface area contributed by atoms with Crippen LogP contribution in [0.4, 0.5) is 0 Å². The number of H-pyrrole nitrogens is 1. The lowest BCUT2D eigenvalue weighted by molar-refractivity contribution is -0.107. The molecule has 0 radical (unpaired) electrons. The number of rotatable bonds is 2. The molecule has 1 saturated heterocycles. The van der Waals surface area contributed by atoms with Gasteiger partial charge in [-0.05, 0) is 55.8 Å². The predicted molar refractivity (Wildman–Crippen MR) is 73.0 cm³/mol. The van der Waals surface area contributed by atoms with Gasteiger partial charge in [0.1, 0.15) is 0 Å². The molecule has 3 heterocycles. The first-order valence-electron chi connectivity index (χ1n) is 6.11. The van der Waals surface area contributed by atoms with Gasteiger partial charge >= 0.3 is 0 Å². The van der Waals surface area contributed by atoms with Crippen LogP contribution in [0.1, 0.15) is 25.5 Å². The molecule has 1 fully saturated rings. The van der Waals surface area contributed by atoms with Gasteiger partial charge in [0.15, 0.2) is 0 Å². The third kappa shape index (κ3) is 2.06. The van der Waals surface area contributed by atoms with Gasteiger partial charge in [-0.1, -0.05) is 0 Å². The second-order valence-corrected chi connectivity index (χ2v) is 5.82. The topological polar surface area (TPSA) is 42.1 Å². The van der Waals surface area contributed by atoms with E-state index in [0.717, 1.165) is 35.6 Å². The van der Waals surface area contributed by atoms with Crippen LogP contribution in [0.5, 0.6) is 0 Å². The molecule has 3 rings (SSSR count). The van der Waals surface area contributed by atoms with E-state index in [9.17, 15) is 4.79 Å². The average molecular weight is 261 g/mol. The van der Waals surface area contributed by atoms with Gasteiger partial charge < -0.3 is 9.72 Å². The van der Waals surface area contributed by atoms with Gasteiger partial charge in [0, 0.05) is 29.0 Å². The molecule has 94 valence electrons. The summed E-state index contributed by atoms with van der Waals surface area (Å²) < 4.78 is 5.78. The Labute approximate surface area is 110 Å². The standard InChI is InChI=1S/C14H15NO2S/c1-14(5-3-7-17-14)12-9-10(13(16)18-12)8-11-4-2-6-15-11/h2,4,6,8-9,15H,3,5,7H2,1H3/t14-/m0/s1. The van der Waals surface area contributed by atoms with Gasteiger partial charge in [-0.15, -0.1) is 0 Å². The van der Waals surface area contributed by atoms with Gasteiger partial charge in [-0.25, -0.2) is 0 Å². The molecule has 0 amide bonds. The Hall–Kier alpha value is -1.26. The predicted octanol–water partition coefficient (Wildman–Crippen LogP) is 3.12. The molecule has 0 unspecified atom stereocenters. The molecule has 0 saturated carbocycles. The van der Waals surface area contributed by atoms with Crippen LogP contribution in [0.25, 0.3) is 6.08 Å². The van der Waals surface area contributed by atoms with Gasteiger partial charge in [-0.2, -0.15) is 0 Å². The van der Waals surface area contributed by atoms with Crippen LogP contribution in [0.3, 0.4) is 0 Å². The van der Waals surface area contributed by atoms with E-state index in [0.29, 0.717) is 0 Å². The van der Waals surface area contributed by atoms with Gasteiger partial charge in [0.05, 0.1) is 5.60 Å². The molecule has 0 aliphatic carbocycles. The number of thioether (sulfide) groups is 1. The fraction of sp³-hybridized carbons (Fsp3) is 0.357. The smallest absolute Gasteiger partial charge is 0.224 e. The van der Waals surface area contributed by atoms with Crippen molar-refractivity contribution >= 4 is 23.0 Å². The van der Waals surface area contributed by atoms with E-state index in [1.165, 1.54) is 11.8 Å². The van der Waals surface area contributed by atoms with Crippen molar-refractivity contribution in [2.45, 2.75) is 25.4 Å². The summed E-state index contributed by atoms with van der Waals surface area (Å²) in [5.74, 6) is 0. The summed E-state index contributed by atoms with van der Waals surface area (Å²) in [5, 5.41) is 0.108. The van der Waals surface area contributed by atoms with Crippen LogP contribution >= 0.6 is 11.8 Å². The highest BCUT2D eigenvalue weighted by Crippen LogP contribution is 2.44. The fourth-order valence-corrected chi connectivity index (χ4v) is 3.32. The third-order valence-corrected chi connectivity index (χ3v) is 4.59. The Morgan fingerprint density at radius 1 is 1.56 bits per heavy atom. The largest absolute Gasteiger partial charge is 0.370 e. The van der Waals surface area contributed by atoms with Crippen LogP contribution < -0.4 is 0 Å². The lowest BCUT2D eigenvalue weighted by atomic mass is 10.0. The van der Waals surface area contributed by atoms with E-state index >= 15 is 0 Å². The Balaban J connectivity index is 1.89. The molecule has 2 aliphatic rings. The maximum Gasteiger partial charge on any atom is 0.224 e. The number of nitrogens with one attached hydrogen (secondary N) is 1. The van der Waals surface area contributed by atoms with Crippen molar-refractivity contribution in [2.75, 3.05) is 6.61 Å². The molecule has 0 bridgehead atoms. The maximum atomic E-state index is 12.0. The van der Waals surface area contributed by atoms with Gasteiger partial charge in [-0.3, -0.25) is 4.79 Å². The summed E-state index contributed by atoms with van der Waals surface area (Å²) in [6.45, 7) is 2.86. The third-order valence-electron chi connectivity index (χ3n) is 3.40. The van der Waals surface area contributed by atoms with Crippen molar-refractivity contribution in [1.82, 2.24) is 4.98 Å². The zero-order valence-electron chi connectivity index (χ0n) is 10.2. The Morgan fingerprint density at radius 3 is 3.11 bits per heavy atom. The van der Waals surface area contributed by atoms with E-state index in [4.69, 9.17) is 4.74 Å². The van der Waals surface area contributed by atoms with E-state index in [-0.39, 0.29) is 10.7 Å². The first kappa shape index (κ1) is 11.8. The second-order valence-electron chi connectivity index (χ2n) is 4.81. The molecule has 4 heteroatoms. The summed E-state index contributed by atoms with van der Waals surface area (Å²) in [7, 11) is 0. The van der Waals surface area contributed by atoms with Gasteiger partial charge in [0.25, 0.3) is 0 Å². The highest BCUT2D eigenvalue weighted by molar-refractivity contribution is 8.18. The normalized spacial score (nSPS) is 30.2. The number of carbonyl (C=O) groups is 1. The van der Waals surface area contributed by atoms with Crippen molar-refractivity contribution in [3.05, 3.63) is 40.6 Å². The first-order valence-corrected chi connectivity index (χ1v) is 6.92. The van der Waals surface area contributed by atoms with Crippen molar-refractivity contribution in [3.8, 4) is 0 Å². The Bertz CT molecular complexity index is 522. The van der Waals surface area contributed by atoms with Crippen LogP contribution in [0, 0.1) is 0 Å². The first-order chi connectivity index (χ1) is 8.67. The second kappa shape index (κ2) is 4.44. The number of aromatic nitrogens is 1. The average Bonchev–Trinajstić information content (AvgIpc) is 3.03. The molecular formula is C14H15NO2S. The minimum absolute atomic E-state index is 0.108. The number of hydrogen-bond donors (Lipinski definition) is 1. The zero-order chi connectivity index (χ0) is 12.6. The molecule has 1 aromatic heterocycles. The lowest BCUT2D eigenvalue weighted by Crippen LogP contribution is -2.23. The summed E-state index contributed by atoms with van der Waals surface area (Å²) in [6.07, 6.45) is 7.78. The minimum atomic E-state index is -0.258. The van der Waals surface area contributed by atoms with E-state index in [1.54, 1.807) is 0 Å². The SMILES string of the molecule is C[C@@]1(C2=CC(=Cc3ccc[nH]3)C(=O)S2)CCCO1. The fourth-order valence-electron chi connectivity index (χ4n) is 2.32. The van der Waals surface area contributed by atoms with E-state index in [2.05, 4.69) is 11.9 Å². The number of hydrogen-bond acceptors (Lipinski definition) is 3. The van der Waals surface area contributed by atoms with Crippen LogP contribution in [0.2, 0.25) is 0 Å². The number of allylic oxidation sites excluding steroid dienone is 1. The highest BCUT2D eigenvalue weighted by Gasteiger charge is 2.38. The molecule has 1 atom stereocenters. The minimum Gasteiger partial charge on any atom is -0.370 e. The molecule has 0 aromatic carbocycles. The van der Waals surface area contributed by atoms with Crippen molar-refractivity contribution < 1.29 is 9.53 Å². The summed E-state index contributed by atoms with van der Waals surface area (Å²) >= 11 is 1.31. The van der Waals surface area contributed by atoms with Crippen molar-refractivity contribution in [3.63, 3.8) is 0 Å². The molecule has 3 nitrogen and oxygen atoms in total. The van der Waals surface area contributed by atoms with E-state index in [1.807, 2.05) is 30.5 Å². The van der Waals surface area contributed by atoms with Crippen LogP contribution in [-0.4, -0.2) is 22.3 Å². The molecule has 1 N–H and O–H groups in total. The number of carbonyl (C=O) groups excluding carboxylic acids is 1. The van der Waals surface area contributed by atoms with Crippen molar-refractivity contribution in [1.29, 1.82) is 0 Å². The number of aromatic amines is 1. The molecular weight excluding hydrogens is 246 g/mol. The lowest BCUT2D eigenvalue weighted by Gasteiger charge is -2.23. The summed E-state index contributed by atoms with van der Waals surface area (Å²) in [6, 6.07) is 3.87. The van der Waals surface area contributed by atoms with Crippen LogP contribution in [0.15, 0.2) is 34.9 Å². The summed E-state index contributed by atoms with van der Waals surface area (Å²) in [5.41, 5.74) is 1.44. The molecule has 0 spiro atoms. The molecule has 1 aromatic rings. The summed E-state index contributed by atoms with van der Waals surface area (Å²) in [4.78, 5) is 16.1. The monoisotopic (exact) mass is 261 g/mol. The zero-order valence-corrected chi connectivity index (χ0v) is 11.0.